The predicted octanol–water partition coefficient (Wildman–Crippen LogP) is 2.00. The summed E-state index contributed by atoms with van der Waals surface area (Å²) in [7, 11) is 0. The maximum Gasteiger partial charge on any atom is 0.416 e. The van der Waals surface area contributed by atoms with Crippen LogP contribution in [0.2, 0.25) is 0 Å². The zero-order valence-electron chi connectivity index (χ0n) is 7.93. The molecule has 1 atom stereocenters. The minimum atomic E-state index is -4.28. The first-order valence-electron chi connectivity index (χ1n) is 4.68. The third-order valence-electron chi connectivity index (χ3n) is 2.58. The van der Waals surface area contributed by atoms with Gasteiger partial charge in [0, 0.05) is 18.3 Å². The van der Waals surface area contributed by atoms with E-state index in [1.165, 1.54) is 6.07 Å². The number of anilines is 1. The van der Waals surface area contributed by atoms with Gasteiger partial charge in [0.2, 0.25) is 0 Å². The van der Waals surface area contributed by atoms with Gasteiger partial charge in [-0.1, -0.05) is 6.07 Å². The van der Waals surface area contributed by atoms with Gasteiger partial charge in [-0.3, -0.25) is 0 Å². The minimum Gasteiger partial charge on any atom is -0.380 e. The van der Waals surface area contributed by atoms with E-state index < -0.39 is 11.7 Å². The first kappa shape index (κ1) is 10.3. The first-order valence-corrected chi connectivity index (χ1v) is 4.68. The molecule has 0 saturated heterocycles. The van der Waals surface area contributed by atoms with Crippen molar-refractivity contribution in [2.75, 3.05) is 11.9 Å². The number of benzene rings is 1. The number of nitrogens with two attached hydrogens (primary N) is 1. The quantitative estimate of drug-likeness (QED) is 0.753. The summed E-state index contributed by atoms with van der Waals surface area (Å²) in [6.07, 6.45) is -3.93. The summed E-state index contributed by atoms with van der Waals surface area (Å²) >= 11 is 0. The zero-order valence-corrected chi connectivity index (χ0v) is 7.93. The lowest BCUT2D eigenvalue weighted by Gasteiger charge is -2.10. The smallest absolute Gasteiger partial charge is 0.380 e. The molecule has 0 bridgehead atoms. The molecule has 0 amide bonds. The molecule has 0 fully saturated rings. The highest BCUT2D eigenvalue weighted by atomic mass is 19.4. The third-order valence-corrected chi connectivity index (χ3v) is 2.58. The van der Waals surface area contributed by atoms with Crippen molar-refractivity contribution in [1.29, 1.82) is 0 Å². The lowest BCUT2D eigenvalue weighted by Crippen LogP contribution is -2.26. The third kappa shape index (κ3) is 1.79. The van der Waals surface area contributed by atoms with Crippen molar-refractivity contribution >= 4 is 5.69 Å². The van der Waals surface area contributed by atoms with E-state index >= 15 is 0 Å². The molecule has 3 N–H and O–H groups in total. The van der Waals surface area contributed by atoms with Gasteiger partial charge in [0.1, 0.15) is 0 Å². The van der Waals surface area contributed by atoms with Crippen LogP contribution in [0.4, 0.5) is 18.9 Å². The molecule has 0 aromatic heterocycles. The minimum absolute atomic E-state index is 0.0801. The maximum absolute atomic E-state index is 12.6. The van der Waals surface area contributed by atoms with Crippen LogP contribution in [0.5, 0.6) is 0 Å². The van der Waals surface area contributed by atoms with Crippen LogP contribution < -0.4 is 11.1 Å². The molecular formula is C10H11F3N2. The van der Waals surface area contributed by atoms with Gasteiger partial charge >= 0.3 is 6.18 Å². The van der Waals surface area contributed by atoms with Gasteiger partial charge < -0.3 is 11.1 Å². The van der Waals surface area contributed by atoms with E-state index in [2.05, 4.69) is 5.32 Å². The van der Waals surface area contributed by atoms with Crippen LogP contribution in [-0.4, -0.2) is 12.6 Å². The highest BCUT2D eigenvalue weighted by Gasteiger charge is 2.36. The summed E-state index contributed by atoms with van der Waals surface area (Å²) in [5.74, 6) is 0. The fraction of sp³-hybridized carbons (Fsp3) is 0.400. The van der Waals surface area contributed by atoms with E-state index in [1.54, 1.807) is 6.07 Å². The average Bonchev–Trinajstić information content (AvgIpc) is 2.57. The van der Waals surface area contributed by atoms with E-state index in [0.717, 1.165) is 6.07 Å². The average molecular weight is 216 g/mol. The van der Waals surface area contributed by atoms with Crippen LogP contribution >= 0.6 is 0 Å². The van der Waals surface area contributed by atoms with Crippen molar-refractivity contribution in [2.24, 2.45) is 5.73 Å². The molecule has 1 aliphatic rings. The maximum atomic E-state index is 12.6. The number of fused-ring (bicyclic) bond motifs is 1. The van der Waals surface area contributed by atoms with E-state index in [1.807, 2.05) is 0 Å². The van der Waals surface area contributed by atoms with Crippen LogP contribution in [-0.2, 0) is 12.6 Å². The highest BCUT2D eigenvalue weighted by Crippen LogP contribution is 2.38. The molecule has 2 nitrogen and oxygen atoms in total. The second-order valence-electron chi connectivity index (χ2n) is 3.61. The first-order chi connectivity index (χ1) is 7.02. The molecule has 1 aromatic rings. The molecule has 15 heavy (non-hydrogen) atoms. The topological polar surface area (TPSA) is 38.0 Å². The van der Waals surface area contributed by atoms with Crippen molar-refractivity contribution in [1.82, 2.24) is 0 Å². The van der Waals surface area contributed by atoms with Gasteiger partial charge in [0.15, 0.2) is 0 Å². The van der Waals surface area contributed by atoms with Crippen molar-refractivity contribution < 1.29 is 13.2 Å². The van der Waals surface area contributed by atoms with Crippen LogP contribution in [0.1, 0.15) is 11.1 Å². The molecule has 2 rings (SSSR count). The Hall–Kier alpha value is -1.23. The van der Waals surface area contributed by atoms with Crippen molar-refractivity contribution in [3.05, 3.63) is 29.3 Å². The van der Waals surface area contributed by atoms with Gasteiger partial charge in [-0.25, -0.2) is 0 Å². The Kier molecular flexibility index (Phi) is 2.34. The largest absolute Gasteiger partial charge is 0.416 e. The summed E-state index contributed by atoms with van der Waals surface area (Å²) in [6.45, 7) is 0.339. The Bertz CT molecular complexity index is 373. The Morgan fingerprint density at radius 1 is 1.40 bits per heavy atom. The number of halogens is 3. The Balaban J connectivity index is 2.42. The SMILES string of the molecule is NCC1Cc2c(cccc2C(F)(F)F)N1. The second-order valence-corrected chi connectivity index (χ2v) is 3.61. The molecule has 0 spiro atoms. The van der Waals surface area contributed by atoms with E-state index in [-0.39, 0.29) is 6.04 Å². The molecule has 0 saturated carbocycles. The van der Waals surface area contributed by atoms with Crippen LogP contribution in [0.3, 0.4) is 0 Å². The zero-order chi connectivity index (χ0) is 11.1. The molecule has 0 aliphatic carbocycles. The van der Waals surface area contributed by atoms with Crippen molar-refractivity contribution in [2.45, 2.75) is 18.6 Å². The number of hydrogen-bond donors (Lipinski definition) is 2. The molecular weight excluding hydrogens is 205 g/mol. The highest BCUT2D eigenvalue weighted by molar-refractivity contribution is 5.60. The fourth-order valence-corrected chi connectivity index (χ4v) is 1.87. The van der Waals surface area contributed by atoms with Gasteiger partial charge in [-0.05, 0) is 24.1 Å². The summed E-state index contributed by atoms with van der Waals surface area (Å²) in [5.41, 5.74) is 5.77. The summed E-state index contributed by atoms with van der Waals surface area (Å²) < 4.78 is 37.8. The van der Waals surface area contributed by atoms with Crippen LogP contribution in [0, 0.1) is 0 Å². The molecule has 1 unspecified atom stereocenters. The normalized spacial score (nSPS) is 19.9. The van der Waals surface area contributed by atoms with Gasteiger partial charge in [-0.2, -0.15) is 13.2 Å². The number of hydrogen-bond acceptors (Lipinski definition) is 2. The number of rotatable bonds is 1. The summed E-state index contributed by atoms with van der Waals surface area (Å²) in [4.78, 5) is 0. The van der Waals surface area contributed by atoms with E-state index in [0.29, 0.717) is 24.2 Å². The van der Waals surface area contributed by atoms with Crippen molar-refractivity contribution in [3.63, 3.8) is 0 Å². The van der Waals surface area contributed by atoms with Crippen molar-refractivity contribution in [3.8, 4) is 0 Å². The molecule has 82 valence electrons. The Morgan fingerprint density at radius 2 is 2.13 bits per heavy atom. The molecule has 0 radical (unpaired) electrons. The monoisotopic (exact) mass is 216 g/mol. The molecule has 1 aromatic carbocycles. The van der Waals surface area contributed by atoms with Gasteiger partial charge in [0.25, 0.3) is 0 Å². The molecule has 5 heteroatoms. The van der Waals surface area contributed by atoms with E-state index in [4.69, 9.17) is 5.73 Å². The Morgan fingerprint density at radius 3 is 2.73 bits per heavy atom. The lowest BCUT2D eigenvalue weighted by molar-refractivity contribution is -0.138. The lowest BCUT2D eigenvalue weighted by atomic mass is 10.0. The van der Waals surface area contributed by atoms with Gasteiger partial charge in [0.05, 0.1) is 5.56 Å². The molecule has 1 aliphatic heterocycles. The predicted molar refractivity (Wildman–Crippen MR) is 51.6 cm³/mol. The van der Waals surface area contributed by atoms with Crippen LogP contribution in [0.15, 0.2) is 18.2 Å². The summed E-state index contributed by atoms with van der Waals surface area (Å²) in [6, 6.07) is 4.09. The Labute approximate surface area is 85.3 Å². The van der Waals surface area contributed by atoms with E-state index in [9.17, 15) is 13.2 Å². The van der Waals surface area contributed by atoms with Crippen LogP contribution in [0.25, 0.3) is 0 Å². The number of alkyl halides is 3. The number of nitrogens with one attached hydrogen (secondary N) is 1. The standard InChI is InChI=1S/C10H11F3N2/c11-10(12,13)8-2-1-3-9-7(8)4-6(5-14)15-9/h1-3,6,15H,4-5,14H2. The second kappa shape index (κ2) is 3.41. The summed E-state index contributed by atoms with van der Waals surface area (Å²) in [5, 5.41) is 2.97. The fourth-order valence-electron chi connectivity index (χ4n) is 1.87. The molecule has 1 heterocycles. The van der Waals surface area contributed by atoms with Gasteiger partial charge in [-0.15, -0.1) is 0 Å².